The van der Waals surface area contributed by atoms with Crippen LogP contribution in [-0.4, -0.2) is 33.2 Å². The smallest absolute Gasteiger partial charge is 0.284 e. The maximum atomic E-state index is 11.6. The first-order chi connectivity index (χ1) is 8.07. The monoisotopic (exact) mass is 236 g/mol. The summed E-state index contributed by atoms with van der Waals surface area (Å²) in [5.41, 5.74) is 1.53. The van der Waals surface area contributed by atoms with Gasteiger partial charge in [0.05, 0.1) is 0 Å². The summed E-state index contributed by atoms with van der Waals surface area (Å²) in [7, 11) is 0. The van der Waals surface area contributed by atoms with Crippen molar-refractivity contribution in [3.05, 3.63) is 35.4 Å². The molecule has 1 atom stereocenters. The Labute approximate surface area is 95.2 Å². The van der Waals surface area contributed by atoms with Gasteiger partial charge in [0.1, 0.15) is 5.92 Å². The van der Waals surface area contributed by atoms with Gasteiger partial charge in [-0.25, -0.2) is 5.48 Å². The van der Waals surface area contributed by atoms with Gasteiger partial charge in [-0.1, -0.05) is 18.2 Å². The van der Waals surface area contributed by atoms with Gasteiger partial charge in [0.15, 0.2) is 0 Å². The number of fused-ring (bicyclic) bond motifs is 1. The van der Waals surface area contributed by atoms with E-state index in [9.17, 15) is 19.6 Å². The van der Waals surface area contributed by atoms with E-state index in [0.717, 1.165) is 0 Å². The molecular weight excluding hydrogens is 228 g/mol. The summed E-state index contributed by atoms with van der Waals surface area (Å²) >= 11 is 0. The van der Waals surface area contributed by atoms with Crippen LogP contribution in [0.2, 0.25) is 0 Å². The molecule has 1 aliphatic rings. The minimum Gasteiger partial charge on any atom is -0.289 e. The highest BCUT2D eigenvalue weighted by molar-refractivity contribution is 6.17. The van der Waals surface area contributed by atoms with Gasteiger partial charge in [-0.15, -0.1) is 0 Å². The summed E-state index contributed by atoms with van der Waals surface area (Å²) in [4.78, 5) is 34.5. The first kappa shape index (κ1) is 11.2. The number of benzene rings is 1. The number of rotatable bonds is 1. The van der Waals surface area contributed by atoms with Gasteiger partial charge in [0, 0.05) is 5.56 Å². The number of hydrogen-bond donors (Lipinski definition) is 3. The second-order valence-electron chi connectivity index (χ2n) is 3.45. The lowest BCUT2D eigenvalue weighted by Crippen LogP contribution is -2.47. The quantitative estimate of drug-likeness (QED) is 0.267. The van der Waals surface area contributed by atoms with Crippen molar-refractivity contribution in [2.75, 3.05) is 0 Å². The van der Waals surface area contributed by atoms with Crippen LogP contribution in [0.15, 0.2) is 24.3 Å². The molecule has 7 nitrogen and oxygen atoms in total. The Kier molecular flexibility index (Phi) is 2.62. The summed E-state index contributed by atoms with van der Waals surface area (Å²) in [6, 6.07) is 5.88. The van der Waals surface area contributed by atoms with E-state index in [1.165, 1.54) is 23.7 Å². The predicted octanol–water partition coefficient (Wildman–Crippen LogP) is -0.353. The summed E-state index contributed by atoms with van der Waals surface area (Å²) in [6.45, 7) is 0. The SMILES string of the molecule is O=C(NO)C1C(=O)N(O)C(=O)c2ccccc21. The third-order valence-corrected chi connectivity index (χ3v) is 2.52. The molecule has 3 N–H and O–H groups in total. The Balaban J connectivity index is 2.61. The fraction of sp³-hybridized carbons (Fsp3) is 0.100. The summed E-state index contributed by atoms with van der Waals surface area (Å²) in [6.07, 6.45) is 0. The van der Waals surface area contributed by atoms with Gasteiger partial charge in [-0.2, -0.15) is 5.06 Å². The Morgan fingerprint density at radius 2 is 1.94 bits per heavy atom. The molecule has 3 amide bonds. The molecule has 88 valence electrons. The molecule has 7 heteroatoms. The van der Waals surface area contributed by atoms with Crippen molar-refractivity contribution in [2.45, 2.75) is 5.92 Å². The maximum absolute atomic E-state index is 11.6. The Morgan fingerprint density at radius 3 is 2.59 bits per heavy atom. The fourth-order valence-electron chi connectivity index (χ4n) is 1.73. The largest absolute Gasteiger partial charge is 0.289 e. The van der Waals surface area contributed by atoms with Crippen molar-refractivity contribution in [3.63, 3.8) is 0 Å². The van der Waals surface area contributed by atoms with Crippen molar-refractivity contribution in [1.82, 2.24) is 10.5 Å². The Hall–Kier alpha value is -2.25. The van der Waals surface area contributed by atoms with Gasteiger partial charge >= 0.3 is 0 Å². The number of imide groups is 1. The van der Waals surface area contributed by atoms with Crippen LogP contribution in [0, 0.1) is 0 Å². The van der Waals surface area contributed by atoms with E-state index in [1.807, 2.05) is 0 Å². The van der Waals surface area contributed by atoms with Gasteiger partial charge in [0.25, 0.3) is 17.7 Å². The molecule has 0 saturated carbocycles. The molecule has 1 aromatic rings. The van der Waals surface area contributed by atoms with Crippen LogP contribution < -0.4 is 5.48 Å². The number of carbonyl (C=O) groups excluding carboxylic acids is 3. The fourth-order valence-corrected chi connectivity index (χ4v) is 1.73. The average Bonchev–Trinajstić information content (AvgIpc) is 2.36. The van der Waals surface area contributed by atoms with E-state index in [0.29, 0.717) is 0 Å². The zero-order chi connectivity index (χ0) is 12.6. The first-order valence-electron chi connectivity index (χ1n) is 4.68. The second kappa shape index (κ2) is 3.96. The lowest BCUT2D eigenvalue weighted by molar-refractivity contribution is -0.160. The minimum absolute atomic E-state index is 0.0446. The minimum atomic E-state index is -1.43. The molecule has 1 aromatic carbocycles. The molecule has 1 aliphatic heterocycles. The van der Waals surface area contributed by atoms with Gasteiger partial charge in [-0.3, -0.25) is 24.8 Å². The van der Waals surface area contributed by atoms with Crippen molar-refractivity contribution in [2.24, 2.45) is 0 Å². The van der Waals surface area contributed by atoms with Gasteiger partial charge in [0.2, 0.25) is 0 Å². The number of nitrogens with one attached hydrogen (secondary N) is 1. The number of carbonyl (C=O) groups is 3. The van der Waals surface area contributed by atoms with E-state index in [4.69, 9.17) is 5.21 Å². The van der Waals surface area contributed by atoms with Crippen molar-refractivity contribution >= 4 is 17.7 Å². The molecule has 1 heterocycles. The van der Waals surface area contributed by atoms with Crippen molar-refractivity contribution in [3.8, 4) is 0 Å². The number of nitrogens with zero attached hydrogens (tertiary/aromatic N) is 1. The van der Waals surface area contributed by atoms with Crippen LogP contribution in [-0.2, 0) is 9.59 Å². The molecule has 0 aliphatic carbocycles. The standard InChI is InChI=1S/C10H8N2O5/c13-8(11-16)7-5-3-1-2-4-6(5)9(14)12(17)10(7)15/h1-4,7,16-17H,(H,11,13). The third-order valence-electron chi connectivity index (χ3n) is 2.52. The molecule has 0 saturated heterocycles. The zero-order valence-electron chi connectivity index (χ0n) is 8.45. The van der Waals surface area contributed by atoms with Crippen molar-refractivity contribution in [1.29, 1.82) is 0 Å². The van der Waals surface area contributed by atoms with Crippen LogP contribution in [0.5, 0.6) is 0 Å². The molecule has 0 aromatic heterocycles. The number of amides is 3. The number of hydroxylamine groups is 3. The predicted molar refractivity (Wildman–Crippen MR) is 52.1 cm³/mol. The lowest BCUT2D eigenvalue weighted by atomic mass is 9.89. The maximum Gasteiger partial charge on any atom is 0.284 e. The normalized spacial score (nSPS) is 18.9. The molecule has 0 bridgehead atoms. The zero-order valence-corrected chi connectivity index (χ0v) is 8.45. The Morgan fingerprint density at radius 1 is 1.29 bits per heavy atom. The second-order valence-corrected chi connectivity index (χ2v) is 3.45. The van der Waals surface area contributed by atoms with E-state index in [1.54, 1.807) is 6.07 Å². The molecule has 2 rings (SSSR count). The van der Waals surface area contributed by atoms with Gasteiger partial charge in [-0.05, 0) is 11.6 Å². The summed E-state index contributed by atoms with van der Waals surface area (Å²) in [5.74, 6) is -4.43. The molecule has 0 radical (unpaired) electrons. The molecule has 0 spiro atoms. The molecule has 0 fully saturated rings. The number of hydrogen-bond acceptors (Lipinski definition) is 5. The van der Waals surface area contributed by atoms with Crippen LogP contribution in [0.4, 0.5) is 0 Å². The van der Waals surface area contributed by atoms with E-state index in [2.05, 4.69) is 0 Å². The van der Waals surface area contributed by atoms with Crippen LogP contribution >= 0.6 is 0 Å². The Bertz CT molecular complexity index is 513. The van der Waals surface area contributed by atoms with E-state index < -0.39 is 23.6 Å². The lowest BCUT2D eigenvalue weighted by Gasteiger charge is -2.26. The van der Waals surface area contributed by atoms with Crippen LogP contribution in [0.3, 0.4) is 0 Å². The third kappa shape index (κ3) is 1.57. The van der Waals surface area contributed by atoms with Gasteiger partial charge < -0.3 is 0 Å². The molecule has 1 unspecified atom stereocenters. The first-order valence-corrected chi connectivity index (χ1v) is 4.68. The highest BCUT2D eigenvalue weighted by atomic mass is 16.5. The average molecular weight is 236 g/mol. The molecule has 17 heavy (non-hydrogen) atoms. The topological polar surface area (TPSA) is 107 Å². The molecular formula is C10H8N2O5. The summed E-state index contributed by atoms with van der Waals surface area (Å²) < 4.78 is 0. The highest BCUT2D eigenvalue weighted by Gasteiger charge is 2.42. The van der Waals surface area contributed by atoms with Crippen LogP contribution in [0.25, 0.3) is 0 Å². The highest BCUT2D eigenvalue weighted by Crippen LogP contribution is 2.28. The van der Waals surface area contributed by atoms with Crippen LogP contribution in [0.1, 0.15) is 21.8 Å². The van der Waals surface area contributed by atoms with E-state index >= 15 is 0 Å². The summed E-state index contributed by atoms with van der Waals surface area (Å²) in [5, 5.41) is 17.7. The van der Waals surface area contributed by atoms with Crippen molar-refractivity contribution < 1.29 is 24.8 Å². The van der Waals surface area contributed by atoms with E-state index in [-0.39, 0.29) is 16.2 Å².